The van der Waals surface area contributed by atoms with Crippen molar-refractivity contribution in [1.82, 2.24) is 0 Å². The van der Waals surface area contributed by atoms with Gasteiger partial charge in [-0.05, 0) is 22.3 Å². The Kier molecular flexibility index (Phi) is 3.41. The van der Waals surface area contributed by atoms with Crippen molar-refractivity contribution in [2.45, 2.75) is 24.7 Å². The molecule has 0 aromatic heterocycles. The van der Waals surface area contributed by atoms with Crippen LogP contribution in [0.25, 0.3) is 12.2 Å². The molecule has 4 rings (SSSR count). The van der Waals surface area contributed by atoms with Gasteiger partial charge in [-0.2, -0.15) is 0 Å². The fraction of sp³-hybridized carbons (Fsp3) is 0.182. The zero-order chi connectivity index (χ0) is 14.8. The van der Waals surface area contributed by atoms with E-state index in [1.54, 1.807) is 0 Å². The highest BCUT2D eigenvalue weighted by atomic mass is 14.2. The van der Waals surface area contributed by atoms with Crippen molar-refractivity contribution >= 4 is 12.2 Å². The summed E-state index contributed by atoms with van der Waals surface area (Å²) in [6.45, 7) is 0. The molecule has 0 spiro atoms. The molecule has 2 unspecified atom stereocenters. The minimum Gasteiger partial charge on any atom is -0.102 e. The maximum atomic E-state index is 3.39. The van der Waals surface area contributed by atoms with E-state index in [-0.39, 0.29) is 0 Å². The van der Waals surface area contributed by atoms with Gasteiger partial charge in [-0.15, -0.1) is 11.8 Å². The SMILES string of the molecule is C(#CCC1C=Cc2ccccc21)CC1C=Cc2ccccc21. The Hall–Kier alpha value is -2.52. The Labute approximate surface area is 132 Å². The number of benzene rings is 2. The Morgan fingerprint density at radius 1 is 0.636 bits per heavy atom. The molecule has 22 heavy (non-hydrogen) atoms. The van der Waals surface area contributed by atoms with Crippen molar-refractivity contribution in [3.63, 3.8) is 0 Å². The average molecular weight is 282 g/mol. The van der Waals surface area contributed by atoms with Gasteiger partial charge in [0.15, 0.2) is 0 Å². The summed E-state index contributed by atoms with van der Waals surface area (Å²) in [5.74, 6) is 7.72. The molecule has 0 amide bonds. The lowest BCUT2D eigenvalue weighted by molar-refractivity contribution is 0.881. The van der Waals surface area contributed by atoms with Crippen LogP contribution in [0, 0.1) is 11.8 Å². The minimum absolute atomic E-state index is 0.468. The van der Waals surface area contributed by atoms with Crippen LogP contribution in [0.4, 0.5) is 0 Å². The summed E-state index contributed by atoms with van der Waals surface area (Å²) in [6, 6.07) is 17.2. The normalized spacial score (nSPS) is 20.4. The monoisotopic (exact) mass is 282 g/mol. The molecule has 0 bridgehead atoms. The molecule has 0 N–H and O–H groups in total. The van der Waals surface area contributed by atoms with Crippen LogP contribution in [-0.2, 0) is 0 Å². The predicted octanol–water partition coefficient (Wildman–Crippen LogP) is 5.39. The first-order chi connectivity index (χ1) is 10.9. The molecule has 0 heterocycles. The molecule has 0 aliphatic heterocycles. The third-order valence-electron chi connectivity index (χ3n) is 4.58. The van der Waals surface area contributed by atoms with Gasteiger partial charge < -0.3 is 0 Å². The lowest BCUT2D eigenvalue weighted by atomic mass is 9.96. The van der Waals surface area contributed by atoms with E-state index in [9.17, 15) is 0 Å². The molecule has 0 fully saturated rings. The van der Waals surface area contributed by atoms with Crippen molar-refractivity contribution in [1.29, 1.82) is 0 Å². The lowest BCUT2D eigenvalue weighted by Gasteiger charge is -2.07. The smallest absolute Gasteiger partial charge is 0.0193 e. The van der Waals surface area contributed by atoms with E-state index in [0.29, 0.717) is 11.8 Å². The van der Waals surface area contributed by atoms with E-state index in [4.69, 9.17) is 0 Å². The zero-order valence-corrected chi connectivity index (χ0v) is 12.5. The van der Waals surface area contributed by atoms with Gasteiger partial charge in [0.25, 0.3) is 0 Å². The number of hydrogen-bond donors (Lipinski definition) is 0. The molecule has 2 atom stereocenters. The second kappa shape index (κ2) is 5.70. The third kappa shape index (κ3) is 2.40. The fourth-order valence-electron chi connectivity index (χ4n) is 3.37. The van der Waals surface area contributed by atoms with Crippen LogP contribution in [0.3, 0.4) is 0 Å². The first-order valence-corrected chi connectivity index (χ1v) is 7.92. The predicted molar refractivity (Wildman–Crippen MR) is 93.4 cm³/mol. The van der Waals surface area contributed by atoms with Crippen LogP contribution in [0.2, 0.25) is 0 Å². The summed E-state index contributed by atoms with van der Waals surface area (Å²) in [5.41, 5.74) is 5.54. The summed E-state index contributed by atoms with van der Waals surface area (Å²) in [7, 11) is 0. The molecule has 0 heteroatoms. The van der Waals surface area contributed by atoms with E-state index < -0.39 is 0 Å². The Bertz CT molecular complexity index is 744. The van der Waals surface area contributed by atoms with E-state index in [1.807, 2.05) is 0 Å². The molecule has 2 aromatic carbocycles. The summed E-state index contributed by atoms with van der Waals surface area (Å²) in [4.78, 5) is 0. The Balaban J connectivity index is 1.40. The van der Waals surface area contributed by atoms with Gasteiger partial charge in [0, 0.05) is 24.7 Å². The van der Waals surface area contributed by atoms with Gasteiger partial charge in [-0.25, -0.2) is 0 Å². The first kappa shape index (κ1) is 13.2. The molecular weight excluding hydrogens is 264 g/mol. The maximum absolute atomic E-state index is 3.39. The van der Waals surface area contributed by atoms with Crippen molar-refractivity contribution < 1.29 is 0 Å². The minimum atomic E-state index is 0.468. The molecule has 2 aromatic rings. The molecule has 0 nitrogen and oxygen atoms in total. The highest BCUT2D eigenvalue weighted by Crippen LogP contribution is 2.33. The maximum Gasteiger partial charge on any atom is 0.0193 e. The summed E-state index contributed by atoms with van der Waals surface area (Å²) in [5, 5.41) is 0. The van der Waals surface area contributed by atoms with Crippen LogP contribution in [0.1, 0.15) is 46.9 Å². The molecule has 0 saturated carbocycles. The number of hydrogen-bond acceptors (Lipinski definition) is 0. The van der Waals surface area contributed by atoms with Gasteiger partial charge in [-0.3, -0.25) is 0 Å². The first-order valence-electron chi connectivity index (χ1n) is 7.92. The van der Waals surface area contributed by atoms with Gasteiger partial charge in [0.1, 0.15) is 0 Å². The molecular formula is C22H18. The summed E-state index contributed by atoms with van der Waals surface area (Å²) >= 11 is 0. The number of allylic oxidation sites excluding steroid dienone is 2. The largest absolute Gasteiger partial charge is 0.102 e. The number of rotatable bonds is 2. The molecule has 0 saturated heterocycles. The zero-order valence-electron chi connectivity index (χ0n) is 12.5. The van der Waals surface area contributed by atoms with Gasteiger partial charge >= 0.3 is 0 Å². The van der Waals surface area contributed by atoms with Crippen LogP contribution in [0.5, 0.6) is 0 Å². The standard InChI is InChI=1S/C22H18/c1(7-17-13-15-19-9-3-5-11-21(17)19)2-8-18-14-16-20-10-4-6-12-22(18)20/h3-6,9-18H,7-8H2. The van der Waals surface area contributed by atoms with E-state index in [1.165, 1.54) is 22.3 Å². The van der Waals surface area contributed by atoms with Crippen LogP contribution < -0.4 is 0 Å². The molecule has 106 valence electrons. The van der Waals surface area contributed by atoms with Crippen LogP contribution in [-0.4, -0.2) is 0 Å². The second-order valence-corrected chi connectivity index (χ2v) is 5.95. The second-order valence-electron chi connectivity index (χ2n) is 5.95. The van der Waals surface area contributed by atoms with Crippen molar-refractivity contribution in [3.8, 4) is 11.8 Å². The summed E-state index contributed by atoms with van der Waals surface area (Å²) < 4.78 is 0. The van der Waals surface area contributed by atoms with E-state index >= 15 is 0 Å². The molecule has 0 radical (unpaired) electrons. The lowest BCUT2D eigenvalue weighted by Crippen LogP contribution is -1.93. The third-order valence-corrected chi connectivity index (χ3v) is 4.58. The van der Waals surface area contributed by atoms with Gasteiger partial charge in [0.2, 0.25) is 0 Å². The summed E-state index contributed by atoms with van der Waals surface area (Å²) in [6.07, 6.45) is 10.8. The molecule has 2 aliphatic carbocycles. The van der Waals surface area contributed by atoms with E-state index in [2.05, 4.69) is 84.7 Å². The van der Waals surface area contributed by atoms with Crippen molar-refractivity contribution in [2.75, 3.05) is 0 Å². The van der Waals surface area contributed by atoms with Crippen molar-refractivity contribution in [3.05, 3.63) is 82.9 Å². The fourth-order valence-corrected chi connectivity index (χ4v) is 3.37. The quantitative estimate of drug-likeness (QED) is 0.648. The Morgan fingerprint density at radius 3 is 1.59 bits per heavy atom. The highest BCUT2D eigenvalue weighted by molar-refractivity contribution is 5.63. The average Bonchev–Trinajstić information content (AvgIpc) is 3.16. The van der Waals surface area contributed by atoms with E-state index in [0.717, 1.165) is 12.8 Å². The van der Waals surface area contributed by atoms with Crippen molar-refractivity contribution in [2.24, 2.45) is 0 Å². The van der Waals surface area contributed by atoms with Crippen LogP contribution in [0.15, 0.2) is 60.7 Å². The number of fused-ring (bicyclic) bond motifs is 2. The van der Waals surface area contributed by atoms with Crippen LogP contribution >= 0.6 is 0 Å². The van der Waals surface area contributed by atoms with Gasteiger partial charge in [0.05, 0.1) is 0 Å². The molecule has 2 aliphatic rings. The Morgan fingerprint density at radius 2 is 1.09 bits per heavy atom. The topological polar surface area (TPSA) is 0 Å². The van der Waals surface area contributed by atoms with Gasteiger partial charge in [-0.1, -0.05) is 72.8 Å². The highest BCUT2D eigenvalue weighted by Gasteiger charge is 2.16.